The Hall–Kier alpha value is 0.870. The Morgan fingerprint density at radius 3 is 1.22 bits per heavy atom. The third-order valence-electron chi connectivity index (χ3n) is 3.31. The van der Waals surface area contributed by atoms with Crippen LogP contribution in [0.4, 0.5) is 0 Å². The summed E-state index contributed by atoms with van der Waals surface area (Å²) in [6.07, 6.45) is 16.8. The van der Waals surface area contributed by atoms with Crippen molar-refractivity contribution in [3.63, 3.8) is 0 Å². The average Bonchev–Trinajstić information content (AvgIpc) is 2.29. The third kappa shape index (κ3) is 16.9. The van der Waals surface area contributed by atoms with Crippen LogP contribution in [0.2, 0.25) is 0 Å². The van der Waals surface area contributed by atoms with Crippen LogP contribution in [0, 0.1) is 0 Å². The molecule has 0 aromatic carbocycles. The first kappa shape index (κ1) is 18.9. The molecule has 0 aromatic heterocycles. The SMILES string of the molecule is CCCCCCCCCCCCCCC(Cl)(Cl)Cl. The maximum absolute atomic E-state index is 5.70. The van der Waals surface area contributed by atoms with Crippen molar-refractivity contribution >= 4 is 34.8 Å². The second-order valence-electron chi connectivity index (χ2n) is 5.25. The van der Waals surface area contributed by atoms with Crippen molar-refractivity contribution in [2.45, 2.75) is 94.2 Å². The largest absolute Gasteiger partial charge is 0.190 e. The number of hydrogen-bond acceptors (Lipinski definition) is 0. The zero-order valence-electron chi connectivity index (χ0n) is 11.8. The van der Waals surface area contributed by atoms with Gasteiger partial charge < -0.3 is 0 Å². The van der Waals surface area contributed by atoms with Crippen LogP contribution < -0.4 is 0 Å². The number of rotatable bonds is 12. The highest BCUT2D eigenvalue weighted by Crippen LogP contribution is 2.32. The van der Waals surface area contributed by atoms with Gasteiger partial charge in [0.1, 0.15) is 0 Å². The van der Waals surface area contributed by atoms with Crippen molar-refractivity contribution in [3.05, 3.63) is 0 Å². The fraction of sp³-hybridized carbons (Fsp3) is 1.00. The van der Waals surface area contributed by atoms with Crippen LogP contribution in [-0.2, 0) is 0 Å². The Kier molecular flexibility index (Phi) is 13.5. The van der Waals surface area contributed by atoms with Crippen molar-refractivity contribution in [1.82, 2.24) is 0 Å². The summed E-state index contributed by atoms with van der Waals surface area (Å²) < 4.78 is -1.04. The monoisotopic (exact) mass is 314 g/mol. The van der Waals surface area contributed by atoms with E-state index in [-0.39, 0.29) is 0 Å². The molecule has 0 rings (SSSR count). The third-order valence-corrected chi connectivity index (χ3v) is 3.88. The summed E-state index contributed by atoms with van der Waals surface area (Å²) in [5, 5.41) is 0. The fourth-order valence-electron chi connectivity index (χ4n) is 2.17. The van der Waals surface area contributed by atoms with Gasteiger partial charge >= 0.3 is 0 Å². The number of unbranched alkanes of at least 4 members (excludes halogenated alkanes) is 11. The van der Waals surface area contributed by atoms with E-state index in [1.54, 1.807) is 0 Å². The van der Waals surface area contributed by atoms with E-state index in [0.29, 0.717) is 6.42 Å². The normalized spacial score (nSPS) is 12.0. The second-order valence-corrected chi connectivity index (χ2v) is 7.77. The Bertz CT molecular complexity index is 164. The van der Waals surface area contributed by atoms with Gasteiger partial charge in [-0.25, -0.2) is 0 Å². The molecule has 0 amide bonds. The van der Waals surface area contributed by atoms with Crippen LogP contribution in [0.25, 0.3) is 0 Å². The van der Waals surface area contributed by atoms with Gasteiger partial charge in [0.2, 0.25) is 0 Å². The molecular weight excluding hydrogens is 287 g/mol. The van der Waals surface area contributed by atoms with Crippen molar-refractivity contribution in [3.8, 4) is 0 Å². The van der Waals surface area contributed by atoms with Gasteiger partial charge in [-0.3, -0.25) is 0 Å². The molecule has 3 heteroatoms. The van der Waals surface area contributed by atoms with Gasteiger partial charge in [-0.05, 0) is 12.8 Å². The first-order chi connectivity index (χ1) is 8.56. The smallest absolute Gasteiger partial charge is 0.0837 e. The summed E-state index contributed by atoms with van der Waals surface area (Å²) >= 11 is 17.1. The topological polar surface area (TPSA) is 0 Å². The highest BCUT2D eigenvalue weighted by molar-refractivity contribution is 6.67. The van der Waals surface area contributed by atoms with Gasteiger partial charge in [-0.2, -0.15) is 0 Å². The van der Waals surface area contributed by atoms with E-state index in [1.807, 2.05) is 0 Å². The zero-order valence-corrected chi connectivity index (χ0v) is 14.1. The van der Waals surface area contributed by atoms with E-state index in [0.717, 1.165) is 6.42 Å². The second kappa shape index (κ2) is 12.9. The molecule has 110 valence electrons. The van der Waals surface area contributed by atoms with Crippen molar-refractivity contribution < 1.29 is 0 Å². The van der Waals surface area contributed by atoms with Gasteiger partial charge in [0.15, 0.2) is 3.79 Å². The fourth-order valence-corrected chi connectivity index (χ4v) is 2.57. The molecule has 0 aliphatic heterocycles. The maximum atomic E-state index is 5.70. The lowest BCUT2D eigenvalue weighted by atomic mass is 10.0. The molecular formula is C15H29Cl3. The Morgan fingerprint density at radius 1 is 0.556 bits per heavy atom. The van der Waals surface area contributed by atoms with Crippen molar-refractivity contribution in [2.24, 2.45) is 0 Å². The lowest BCUT2D eigenvalue weighted by Gasteiger charge is -2.09. The zero-order chi connectivity index (χ0) is 13.7. The van der Waals surface area contributed by atoms with Crippen LogP contribution in [0.1, 0.15) is 90.4 Å². The maximum Gasteiger partial charge on any atom is 0.190 e. The van der Waals surface area contributed by atoms with Gasteiger partial charge in [0.05, 0.1) is 0 Å². The predicted molar refractivity (Wildman–Crippen MR) is 86.0 cm³/mol. The van der Waals surface area contributed by atoms with Crippen LogP contribution in [0.15, 0.2) is 0 Å². The molecule has 0 bridgehead atoms. The summed E-state index contributed by atoms with van der Waals surface area (Å²) in [5.74, 6) is 0. The van der Waals surface area contributed by atoms with E-state index in [2.05, 4.69) is 6.92 Å². The minimum Gasteiger partial charge on any atom is -0.0837 e. The molecule has 0 aliphatic rings. The minimum absolute atomic E-state index is 0.690. The Labute approximate surface area is 129 Å². The molecule has 0 atom stereocenters. The summed E-state index contributed by atoms with van der Waals surface area (Å²) in [5.41, 5.74) is 0. The number of alkyl halides is 3. The van der Waals surface area contributed by atoms with Crippen LogP contribution in [0.5, 0.6) is 0 Å². The van der Waals surface area contributed by atoms with E-state index < -0.39 is 3.79 Å². The van der Waals surface area contributed by atoms with Crippen LogP contribution in [0.3, 0.4) is 0 Å². The van der Waals surface area contributed by atoms with Crippen LogP contribution >= 0.6 is 34.8 Å². The molecule has 0 saturated heterocycles. The Morgan fingerprint density at radius 2 is 0.889 bits per heavy atom. The number of hydrogen-bond donors (Lipinski definition) is 0. The lowest BCUT2D eigenvalue weighted by molar-refractivity contribution is 0.540. The van der Waals surface area contributed by atoms with Crippen molar-refractivity contribution in [2.75, 3.05) is 0 Å². The van der Waals surface area contributed by atoms with E-state index in [9.17, 15) is 0 Å². The molecule has 0 aliphatic carbocycles. The summed E-state index contributed by atoms with van der Waals surface area (Å²) in [7, 11) is 0. The average molecular weight is 316 g/mol. The quantitative estimate of drug-likeness (QED) is 0.259. The molecule has 0 N–H and O–H groups in total. The van der Waals surface area contributed by atoms with E-state index >= 15 is 0 Å². The summed E-state index contributed by atoms with van der Waals surface area (Å²) in [6.45, 7) is 2.27. The standard InChI is InChI=1S/C15H29Cl3/c1-2-3-4-5-6-7-8-9-10-11-12-13-14-15(16,17)18/h2-14H2,1H3. The molecule has 0 aromatic rings. The van der Waals surface area contributed by atoms with Gasteiger partial charge in [-0.15, -0.1) is 0 Å². The van der Waals surface area contributed by atoms with Crippen LogP contribution in [-0.4, -0.2) is 3.79 Å². The first-order valence-corrected chi connectivity index (χ1v) is 8.76. The minimum atomic E-state index is -1.04. The summed E-state index contributed by atoms with van der Waals surface area (Å²) in [4.78, 5) is 0. The first-order valence-electron chi connectivity index (χ1n) is 7.63. The molecule has 0 nitrogen and oxygen atoms in total. The number of halogens is 3. The van der Waals surface area contributed by atoms with Gasteiger partial charge in [-0.1, -0.05) is 112 Å². The molecule has 0 spiro atoms. The Balaban J connectivity index is 2.99. The van der Waals surface area contributed by atoms with Crippen molar-refractivity contribution in [1.29, 1.82) is 0 Å². The highest BCUT2D eigenvalue weighted by atomic mass is 35.6. The van der Waals surface area contributed by atoms with E-state index in [4.69, 9.17) is 34.8 Å². The molecule has 0 fully saturated rings. The lowest BCUT2D eigenvalue weighted by Crippen LogP contribution is -2.00. The van der Waals surface area contributed by atoms with Gasteiger partial charge in [0, 0.05) is 0 Å². The summed E-state index contributed by atoms with van der Waals surface area (Å²) in [6, 6.07) is 0. The van der Waals surface area contributed by atoms with Gasteiger partial charge in [0.25, 0.3) is 0 Å². The molecule has 0 unspecified atom stereocenters. The molecule has 0 heterocycles. The molecule has 0 saturated carbocycles. The van der Waals surface area contributed by atoms with E-state index in [1.165, 1.54) is 70.6 Å². The predicted octanol–water partition coefficient (Wildman–Crippen LogP) is 7.45. The molecule has 18 heavy (non-hydrogen) atoms. The highest BCUT2D eigenvalue weighted by Gasteiger charge is 2.17. The molecule has 0 radical (unpaired) electrons.